The third-order valence-corrected chi connectivity index (χ3v) is 8.18. The first kappa shape index (κ1) is 28.9. The summed E-state index contributed by atoms with van der Waals surface area (Å²) in [6.45, 7) is 5.21. The van der Waals surface area contributed by atoms with Crippen LogP contribution in [0.1, 0.15) is 22.3 Å². The zero-order valence-corrected chi connectivity index (χ0v) is 23.0. The number of aliphatic carboxylic acids is 1. The second kappa shape index (κ2) is 12.2. The van der Waals surface area contributed by atoms with E-state index in [1.807, 2.05) is 25.1 Å². The minimum atomic E-state index is -4.10. The Labute approximate surface area is 226 Å². The molecule has 0 aliphatic heterocycles. The number of aryl methyl sites for hydroxylation is 3. The molecule has 0 bridgehead atoms. The number of carboxylic acid groups (broad SMARTS) is 1. The fraction of sp³-hybridized carbons (Fsp3) is 0.222. The average molecular weight is 555 g/mol. The molecule has 200 valence electrons. The number of rotatable bonds is 11. The predicted molar refractivity (Wildman–Crippen MR) is 148 cm³/mol. The Bertz CT molecular complexity index is 1460. The van der Waals surface area contributed by atoms with Crippen LogP contribution in [0.3, 0.4) is 0 Å². The molecule has 3 rings (SSSR count). The molecule has 0 heterocycles. The van der Waals surface area contributed by atoms with Gasteiger partial charge in [-0.2, -0.15) is 0 Å². The molecule has 0 aromatic heterocycles. The predicted octanol–water partition coefficient (Wildman–Crippen LogP) is 3.77. The van der Waals surface area contributed by atoms with Gasteiger partial charge in [0.1, 0.15) is 5.03 Å². The lowest BCUT2D eigenvalue weighted by molar-refractivity contribution is -0.402. The Kier molecular flexibility index (Phi) is 9.31. The van der Waals surface area contributed by atoms with Crippen molar-refractivity contribution in [3.8, 4) is 11.1 Å². The number of hydrogen-bond donors (Lipinski definition) is 2. The number of carbonyl (C=O) groups excluding carboxylic acids is 1. The van der Waals surface area contributed by atoms with E-state index >= 15 is 0 Å². The van der Waals surface area contributed by atoms with Gasteiger partial charge in [-0.1, -0.05) is 54.1 Å². The summed E-state index contributed by atoms with van der Waals surface area (Å²) in [6, 6.07) is 16.4. The maximum Gasteiger partial charge on any atom is 0.264 e. The second-order valence-corrected chi connectivity index (χ2v) is 11.3. The number of nitrogens with zero attached hydrogens (tertiary/aromatic N) is 1. The largest absolute Gasteiger partial charge is 0.548 e. The second-order valence-electron chi connectivity index (χ2n) is 8.81. The fourth-order valence-corrected chi connectivity index (χ4v) is 6.28. The maximum absolute atomic E-state index is 13.1. The number of nitro groups is 1. The van der Waals surface area contributed by atoms with E-state index in [-0.39, 0.29) is 11.3 Å². The Balaban J connectivity index is 1.79. The van der Waals surface area contributed by atoms with Crippen LogP contribution in [0.5, 0.6) is 0 Å². The summed E-state index contributed by atoms with van der Waals surface area (Å²) >= 11 is 1.22. The molecular formula is C27H28N3O6S2-. The van der Waals surface area contributed by atoms with Gasteiger partial charge in [-0.05, 0) is 73.4 Å². The molecule has 9 nitrogen and oxygen atoms in total. The Morgan fingerprint density at radius 1 is 1.03 bits per heavy atom. The molecule has 3 aromatic carbocycles. The number of carbonyl (C=O) groups is 1. The van der Waals surface area contributed by atoms with E-state index in [1.165, 1.54) is 11.8 Å². The molecule has 11 heteroatoms. The van der Waals surface area contributed by atoms with E-state index in [0.29, 0.717) is 27.4 Å². The Morgan fingerprint density at radius 2 is 1.66 bits per heavy atom. The van der Waals surface area contributed by atoms with Crippen LogP contribution in [0, 0.1) is 30.9 Å². The molecule has 2 N–H and O–H groups in total. The number of nitrogens with one attached hydrogen (secondary N) is 2. The van der Waals surface area contributed by atoms with Crippen molar-refractivity contribution in [2.45, 2.75) is 38.1 Å². The molecule has 0 aliphatic carbocycles. The van der Waals surface area contributed by atoms with Gasteiger partial charge < -0.3 is 15.2 Å². The highest BCUT2D eigenvalue weighted by molar-refractivity contribution is 8.02. The highest BCUT2D eigenvalue weighted by Gasteiger charge is 2.25. The lowest BCUT2D eigenvalue weighted by Gasteiger charge is -2.21. The summed E-state index contributed by atoms with van der Waals surface area (Å²) in [5.41, 5.74) is 4.93. The first-order valence-corrected chi connectivity index (χ1v) is 14.3. The molecule has 3 aromatic rings. The van der Waals surface area contributed by atoms with Crippen molar-refractivity contribution in [1.29, 1.82) is 0 Å². The van der Waals surface area contributed by atoms with E-state index in [4.69, 9.17) is 0 Å². The smallest absolute Gasteiger partial charge is 0.264 e. The zero-order valence-electron chi connectivity index (χ0n) is 21.3. The monoisotopic (exact) mass is 554 g/mol. The van der Waals surface area contributed by atoms with Gasteiger partial charge in [0.2, 0.25) is 10.0 Å². The first-order chi connectivity index (χ1) is 17.9. The van der Waals surface area contributed by atoms with Crippen LogP contribution in [0.4, 0.5) is 5.69 Å². The molecular weight excluding hydrogens is 526 g/mol. The Hall–Kier alpha value is -3.67. The van der Waals surface area contributed by atoms with Crippen molar-refractivity contribution >= 4 is 33.4 Å². The maximum atomic E-state index is 13.1. The minimum Gasteiger partial charge on any atom is -0.548 e. The lowest BCUT2D eigenvalue weighted by atomic mass is 10.0. The third-order valence-electron chi connectivity index (χ3n) is 5.76. The third kappa shape index (κ3) is 7.44. The van der Waals surface area contributed by atoms with Crippen molar-refractivity contribution in [2.75, 3.05) is 11.6 Å². The van der Waals surface area contributed by atoms with Crippen LogP contribution in [-0.2, 0) is 21.2 Å². The summed E-state index contributed by atoms with van der Waals surface area (Å²) in [6.07, 6.45) is 2.53. The van der Waals surface area contributed by atoms with E-state index in [9.17, 15) is 28.4 Å². The first-order valence-electron chi connectivity index (χ1n) is 11.6. The van der Waals surface area contributed by atoms with Crippen LogP contribution in [-0.4, -0.2) is 31.6 Å². The number of hydrogen-bond acceptors (Lipinski definition) is 8. The standard InChI is InChI=1S/C27H29N3O6S2/c1-17-12-18(2)26(19(3)13-17)38(35,36)29-24(27(31)32)14-20-8-10-21(11-9-20)22-6-5-7-23(15-22)28-25(37-4)16-30(33)34/h5-13,15-16,24,28-29H,14H2,1-4H3,(H,31,32)/p-1/b25-16-/t24-/m0/s1. The van der Waals surface area contributed by atoms with Crippen LogP contribution >= 0.6 is 11.8 Å². The molecule has 0 fully saturated rings. The van der Waals surface area contributed by atoms with Gasteiger partial charge in [-0.25, -0.2) is 13.1 Å². The molecule has 0 saturated heterocycles. The molecule has 0 saturated carbocycles. The summed E-state index contributed by atoms with van der Waals surface area (Å²) in [7, 11) is -4.10. The van der Waals surface area contributed by atoms with Gasteiger partial charge in [0, 0.05) is 5.69 Å². The highest BCUT2D eigenvalue weighted by atomic mass is 32.2. The van der Waals surface area contributed by atoms with E-state index in [0.717, 1.165) is 22.9 Å². The molecule has 1 atom stereocenters. The fourth-order valence-electron chi connectivity index (χ4n) is 4.23. The van der Waals surface area contributed by atoms with Crippen molar-refractivity contribution in [1.82, 2.24) is 4.72 Å². The molecule has 0 amide bonds. The normalized spacial score (nSPS) is 12.7. The van der Waals surface area contributed by atoms with Crippen molar-refractivity contribution in [3.63, 3.8) is 0 Å². The van der Waals surface area contributed by atoms with Gasteiger partial charge in [-0.3, -0.25) is 10.1 Å². The van der Waals surface area contributed by atoms with Crippen molar-refractivity contribution < 1.29 is 23.2 Å². The SMILES string of the molecule is CS/C(=C\[N+](=O)[O-])Nc1cccc(-c2ccc(C[C@H](NS(=O)(=O)c3c(C)cc(C)cc3C)C(=O)[O-])cc2)c1. The highest BCUT2D eigenvalue weighted by Crippen LogP contribution is 2.26. The Morgan fingerprint density at radius 3 is 2.21 bits per heavy atom. The van der Waals surface area contributed by atoms with Crippen LogP contribution in [0.15, 0.2) is 76.8 Å². The number of benzene rings is 3. The van der Waals surface area contributed by atoms with Crippen LogP contribution in [0.25, 0.3) is 11.1 Å². The molecule has 0 radical (unpaired) electrons. The summed E-state index contributed by atoms with van der Waals surface area (Å²) in [5, 5.41) is 26.0. The minimum absolute atomic E-state index is 0.0656. The quantitative estimate of drug-likeness (QED) is 0.270. The van der Waals surface area contributed by atoms with E-state index < -0.39 is 27.0 Å². The number of thioether (sulfide) groups is 1. The summed E-state index contributed by atoms with van der Waals surface area (Å²) in [4.78, 5) is 22.2. The van der Waals surface area contributed by atoms with Gasteiger partial charge in [0.25, 0.3) is 6.20 Å². The number of anilines is 1. The summed E-state index contributed by atoms with van der Waals surface area (Å²) < 4.78 is 28.4. The van der Waals surface area contributed by atoms with E-state index in [1.54, 1.807) is 62.6 Å². The van der Waals surface area contributed by atoms with Crippen molar-refractivity contribution in [2.24, 2.45) is 0 Å². The van der Waals surface area contributed by atoms with Gasteiger partial charge in [0.15, 0.2) is 0 Å². The molecule has 0 aliphatic rings. The van der Waals surface area contributed by atoms with E-state index in [2.05, 4.69) is 10.0 Å². The zero-order chi connectivity index (χ0) is 28.0. The summed E-state index contributed by atoms with van der Waals surface area (Å²) in [5.74, 6) is -1.52. The average Bonchev–Trinajstić information content (AvgIpc) is 2.82. The molecule has 0 spiro atoms. The lowest BCUT2D eigenvalue weighted by Crippen LogP contribution is -2.49. The molecule has 0 unspecified atom stereocenters. The van der Waals surface area contributed by atoms with Gasteiger partial charge in [0.05, 0.1) is 21.8 Å². The van der Waals surface area contributed by atoms with Crippen molar-refractivity contribution in [3.05, 3.63) is 104 Å². The van der Waals surface area contributed by atoms with Gasteiger partial charge >= 0.3 is 0 Å². The van der Waals surface area contributed by atoms with Crippen LogP contribution < -0.4 is 15.1 Å². The molecule has 38 heavy (non-hydrogen) atoms. The van der Waals surface area contributed by atoms with Gasteiger partial charge in [-0.15, -0.1) is 11.8 Å². The topological polar surface area (TPSA) is 141 Å². The number of sulfonamides is 1. The number of carboxylic acids is 1. The van der Waals surface area contributed by atoms with Crippen LogP contribution in [0.2, 0.25) is 0 Å².